The molecule has 0 aliphatic rings. The van der Waals surface area contributed by atoms with Gasteiger partial charge in [0.2, 0.25) is 0 Å². The van der Waals surface area contributed by atoms with Gasteiger partial charge in [0.25, 0.3) is 0 Å². The molecule has 0 saturated heterocycles. The van der Waals surface area contributed by atoms with Gasteiger partial charge in [-0.25, -0.2) is 14.4 Å². The fourth-order valence-corrected chi connectivity index (χ4v) is 0.516. The van der Waals surface area contributed by atoms with Crippen molar-refractivity contribution in [1.29, 1.82) is 0 Å². The van der Waals surface area contributed by atoms with Gasteiger partial charge in [0.05, 0.1) is 13.2 Å². The van der Waals surface area contributed by atoms with E-state index >= 15 is 0 Å². The molecule has 0 rings (SSSR count). The van der Waals surface area contributed by atoms with E-state index < -0.39 is 11.9 Å². The third-order valence-electron chi connectivity index (χ3n) is 1.66. The van der Waals surface area contributed by atoms with Crippen molar-refractivity contribution in [2.75, 3.05) is 19.8 Å². The van der Waals surface area contributed by atoms with E-state index in [1.807, 2.05) is 0 Å². The van der Waals surface area contributed by atoms with Gasteiger partial charge in [-0.3, -0.25) is 0 Å². The van der Waals surface area contributed by atoms with Gasteiger partial charge in [-0.05, 0) is 27.7 Å². The average Bonchev–Trinajstić information content (AvgIpc) is 2.45. The molecule has 132 valence electrons. The minimum atomic E-state index is -0.935. The van der Waals surface area contributed by atoms with E-state index in [9.17, 15) is 14.4 Å². The molecule has 23 heavy (non-hydrogen) atoms. The Labute approximate surface area is 136 Å². The molecule has 0 aliphatic heterocycles. The van der Waals surface area contributed by atoms with E-state index in [0.717, 1.165) is 0 Å². The number of ether oxygens (including phenoxy) is 2. The van der Waals surface area contributed by atoms with Crippen molar-refractivity contribution in [3.8, 4) is 0 Å². The molecule has 7 heteroatoms. The summed E-state index contributed by atoms with van der Waals surface area (Å²) in [6, 6.07) is 0. The highest BCUT2D eigenvalue weighted by Gasteiger charge is 2.00. The predicted octanol–water partition coefficient (Wildman–Crippen LogP) is 1.87. The SMILES string of the molecule is C=C(C)C(=O)O.C=C(C)C(=O)OCC.C=C(C)C(=O)OCCO. The van der Waals surface area contributed by atoms with Crippen molar-refractivity contribution in [3.05, 3.63) is 36.5 Å². The topological polar surface area (TPSA) is 110 Å². The van der Waals surface area contributed by atoms with E-state index in [1.54, 1.807) is 20.8 Å². The van der Waals surface area contributed by atoms with E-state index in [1.165, 1.54) is 6.92 Å². The number of carboxylic acids is 1. The molecule has 0 aromatic rings. The Morgan fingerprint density at radius 3 is 1.39 bits per heavy atom. The van der Waals surface area contributed by atoms with E-state index in [4.69, 9.17) is 10.2 Å². The Bertz CT molecular complexity index is 424. The van der Waals surface area contributed by atoms with Gasteiger partial charge in [-0.15, -0.1) is 0 Å². The molecule has 0 heterocycles. The molecule has 0 radical (unpaired) electrons. The number of rotatable bonds is 6. The van der Waals surface area contributed by atoms with Gasteiger partial charge in [-0.2, -0.15) is 0 Å². The van der Waals surface area contributed by atoms with Crippen molar-refractivity contribution in [1.82, 2.24) is 0 Å². The van der Waals surface area contributed by atoms with Crippen LogP contribution in [0.5, 0.6) is 0 Å². The molecular formula is C16H26O7. The number of aliphatic carboxylic acids is 1. The fourth-order valence-electron chi connectivity index (χ4n) is 0.516. The Hall–Kier alpha value is -2.41. The molecular weight excluding hydrogens is 304 g/mol. The zero-order valence-electron chi connectivity index (χ0n) is 14.2. The predicted molar refractivity (Wildman–Crippen MR) is 86.8 cm³/mol. The third-order valence-corrected chi connectivity index (χ3v) is 1.66. The summed E-state index contributed by atoms with van der Waals surface area (Å²) in [6.07, 6.45) is 0. The van der Waals surface area contributed by atoms with Crippen LogP contribution in [-0.2, 0) is 23.9 Å². The Balaban J connectivity index is -0.000000266. The second-order valence-corrected chi connectivity index (χ2v) is 4.23. The van der Waals surface area contributed by atoms with Gasteiger partial charge >= 0.3 is 17.9 Å². The molecule has 0 spiro atoms. The summed E-state index contributed by atoms with van der Waals surface area (Å²) >= 11 is 0. The minimum absolute atomic E-state index is 0.0473. The maximum Gasteiger partial charge on any atom is 0.333 e. The van der Waals surface area contributed by atoms with Crippen LogP contribution in [0.4, 0.5) is 0 Å². The first-order valence-electron chi connectivity index (χ1n) is 6.66. The maximum absolute atomic E-state index is 10.5. The first-order chi connectivity index (χ1) is 10.5. The smallest absolute Gasteiger partial charge is 0.333 e. The third kappa shape index (κ3) is 22.0. The number of carboxylic acid groups (broad SMARTS) is 1. The van der Waals surface area contributed by atoms with E-state index in [0.29, 0.717) is 17.8 Å². The summed E-state index contributed by atoms with van der Waals surface area (Å²) in [4.78, 5) is 30.5. The summed E-state index contributed by atoms with van der Waals surface area (Å²) in [7, 11) is 0. The lowest BCUT2D eigenvalue weighted by Gasteiger charge is -1.99. The lowest BCUT2D eigenvalue weighted by atomic mass is 10.4. The highest BCUT2D eigenvalue weighted by molar-refractivity contribution is 5.87. The molecule has 0 aliphatic carbocycles. The highest BCUT2D eigenvalue weighted by Crippen LogP contribution is 1.90. The number of hydrogen-bond acceptors (Lipinski definition) is 6. The molecule has 0 aromatic heterocycles. The lowest BCUT2D eigenvalue weighted by molar-refractivity contribution is -0.140. The second kappa shape index (κ2) is 16.0. The Morgan fingerprint density at radius 2 is 1.22 bits per heavy atom. The first-order valence-corrected chi connectivity index (χ1v) is 6.66. The maximum atomic E-state index is 10.5. The van der Waals surface area contributed by atoms with Crippen molar-refractivity contribution >= 4 is 17.9 Å². The van der Waals surface area contributed by atoms with Crippen LogP contribution < -0.4 is 0 Å². The normalized spacial score (nSPS) is 8.22. The number of aliphatic hydroxyl groups is 1. The summed E-state index contributed by atoms with van der Waals surface area (Å²) < 4.78 is 9.03. The molecule has 7 nitrogen and oxygen atoms in total. The van der Waals surface area contributed by atoms with Gasteiger partial charge in [0.1, 0.15) is 6.61 Å². The van der Waals surface area contributed by atoms with Crippen LogP contribution >= 0.6 is 0 Å². The molecule has 0 fully saturated rings. The van der Waals surface area contributed by atoms with Crippen LogP contribution in [0, 0.1) is 0 Å². The summed E-state index contributed by atoms with van der Waals surface area (Å²) in [5.41, 5.74) is 0.977. The summed E-state index contributed by atoms with van der Waals surface area (Å²) in [5, 5.41) is 16.1. The van der Waals surface area contributed by atoms with Crippen molar-refractivity contribution < 1.29 is 34.1 Å². The minimum Gasteiger partial charge on any atom is -0.478 e. The zero-order valence-corrected chi connectivity index (χ0v) is 14.2. The van der Waals surface area contributed by atoms with E-state index in [2.05, 4.69) is 29.2 Å². The van der Waals surface area contributed by atoms with Crippen molar-refractivity contribution in [2.24, 2.45) is 0 Å². The molecule has 0 atom stereocenters. The average molecular weight is 330 g/mol. The Kier molecular flexibility index (Phi) is 17.7. The largest absolute Gasteiger partial charge is 0.478 e. The van der Waals surface area contributed by atoms with Gasteiger partial charge in [-0.1, -0.05) is 19.7 Å². The number of aliphatic hydroxyl groups excluding tert-OH is 1. The Morgan fingerprint density at radius 1 is 0.870 bits per heavy atom. The molecule has 2 N–H and O–H groups in total. The summed E-state index contributed by atoms with van der Waals surface area (Å²) in [6.45, 7) is 16.6. The monoisotopic (exact) mass is 330 g/mol. The number of hydrogen-bond donors (Lipinski definition) is 2. The van der Waals surface area contributed by atoms with Crippen LogP contribution in [0.15, 0.2) is 36.5 Å². The van der Waals surface area contributed by atoms with Gasteiger partial charge in [0, 0.05) is 16.7 Å². The van der Waals surface area contributed by atoms with Gasteiger partial charge in [0.15, 0.2) is 0 Å². The molecule has 0 amide bonds. The van der Waals surface area contributed by atoms with Crippen LogP contribution in [0.2, 0.25) is 0 Å². The molecule has 0 unspecified atom stereocenters. The van der Waals surface area contributed by atoms with Gasteiger partial charge < -0.3 is 19.7 Å². The number of carbonyl (C=O) groups is 3. The first kappa shape index (κ1) is 25.5. The molecule has 0 aromatic carbocycles. The second-order valence-electron chi connectivity index (χ2n) is 4.23. The molecule has 0 bridgehead atoms. The highest BCUT2D eigenvalue weighted by atomic mass is 16.5. The lowest BCUT2D eigenvalue weighted by Crippen LogP contribution is -2.08. The quantitative estimate of drug-likeness (QED) is 0.565. The number of carbonyl (C=O) groups excluding carboxylic acids is 2. The zero-order chi connectivity index (χ0) is 19.0. The standard InChI is InChI=1S/C6H10O3.C6H10O2.C4H6O2/c1-5(2)6(8)9-4-3-7;1-4-8-6(7)5(2)3;1-3(2)4(5)6/h7H,1,3-4H2,2H3;2,4H2,1,3H3;1H2,2H3,(H,5,6). The van der Waals surface area contributed by atoms with Crippen molar-refractivity contribution in [2.45, 2.75) is 27.7 Å². The van der Waals surface area contributed by atoms with Crippen LogP contribution in [-0.4, -0.2) is 47.9 Å². The van der Waals surface area contributed by atoms with Crippen LogP contribution in [0.25, 0.3) is 0 Å². The van der Waals surface area contributed by atoms with E-state index in [-0.39, 0.29) is 24.8 Å². The number of esters is 2. The van der Waals surface area contributed by atoms with Crippen LogP contribution in [0.3, 0.4) is 0 Å². The fraction of sp³-hybridized carbons (Fsp3) is 0.438. The van der Waals surface area contributed by atoms with Crippen molar-refractivity contribution in [3.63, 3.8) is 0 Å². The molecule has 0 saturated carbocycles. The summed E-state index contributed by atoms with van der Waals surface area (Å²) in [5.74, 6) is -1.70. The van der Waals surface area contributed by atoms with Crippen LogP contribution in [0.1, 0.15) is 27.7 Å².